The number of rotatable bonds is 4. The minimum atomic E-state index is -0.363. The van der Waals surface area contributed by atoms with E-state index >= 15 is 0 Å². The number of halogens is 1. The van der Waals surface area contributed by atoms with E-state index in [9.17, 15) is 14.0 Å². The van der Waals surface area contributed by atoms with Gasteiger partial charge in [-0.15, -0.1) is 0 Å². The van der Waals surface area contributed by atoms with Crippen LogP contribution in [-0.4, -0.2) is 44.7 Å². The summed E-state index contributed by atoms with van der Waals surface area (Å²) in [5.41, 5.74) is 0.911. The van der Waals surface area contributed by atoms with Gasteiger partial charge in [-0.25, -0.2) is 19.0 Å². The molecule has 4 heterocycles. The highest BCUT2D eigenvalue weighted by atomic mass is 19.1. The van der Waals surface area contributed by atoms with Crippen LogP contribution >= 0.6 is 0 Å². The lowest BCUT2D eigenvalue weighted by atomic mass is 9.86. The fourth-order valence-corrected chi connectivity index (χ4v) is 4.46. The molecule has 2 fully saturated rings. The predicted molar refractivity (Wildman–Crippen MR) is 107 cm³/mol. The maximum Gasteiger partial charge on any atom is 0.230 e. The molecule has 0 radical (unpaired) electrons. The first-order valence-corrected chi connectivity index (χ1v) is 10.1. The molecule has 0 bridgehead atoms. The van der Waals surface area contributed by atoms with Crippen molar-refractivity contribution in [1.82, 2.24) is 25.1 Å². The number of hydrogen-bond donors (Lipinski definition) is 1. The van der Waals surface area contributed by atoms with E-state index in [1.165, 1.54) is 17.1 Å². The van der Waals surface area contributed by atoms with E-state index in [2.05, 4.69) is 25.3 Å². The Hall–Kier alpha value is -3.36. The molecule has 2 aromatic heterocycles. The van der Waals surface area contributed by atoms with E-state index in [0.29, 0.717) is 23.7 Å². The fourth-order valence-electron chi connectivity index (χ4n) is 4.46. The van der Waals surface area contributed by atoms with Crippen LogP contribution in [0, 0.1) is 17.7 Å². The van der Waals surface area contributed by atoms with E-state index in [1.807, 2.05) is 0 Å². The number of aromatic nitrogens is 4. The summed E-state index contributed by atoms with van der Waals surface area (Å²) >= 11 is 0. The molecule has 3 aromatic rings. The van der Waals surface area contributed by atoms with Gasteiger partial charge in [-0.3, -0.25) is 14.9 Å². The average molecular weight is 408 g/mol. The summed E-state index contributed by atoms with van der Waals surface area (Å²) in [6.07, 6.45) is 6.06. The van der Waals surface area contributed by atoms with Crippen molar-refractivity contribution in [3.05, 3.63) is 42.6 Å². The van der Waals surface area contributed by atoms with Gasteiger partial charge in [0.15, 0.2) is 5.65 Å². The molecule has 1 atom stereocenters. The molecule has 0 spiro atoms. The molecule has 2 saturated heterocycles. The van der Waals surface area contributed by atoms with Crippen LogP contribution in [0.15, 0.2) is 36.8 Å². The second-order valence-electron chi connectivity index (χ2n) is 7.92. The Balaban J connectivity index is 1.33. The first-order chi connectivity index (χ1) is 14.6. The molecule has 1 unspecified atom stereocenters. The monoisotopic (exact) mass is 408 g/mol. The lowest BCUT2D eigenvalue weighted by Crippen LogP contribution is -2.35. The first-order valence-electron chi connectivity index (χ1n) is 10.1. The van der Waals surface area contributed by atoms with Crippen molar-refractivity contribution in [2.45, 2.75) is 25.7 Å². The number of carbonyl (C=O) groups is 2. The number of amides is 2. The van der Waals surface area contributed by atoms with Crippen LogP contribution in [0.5, 0.6) is 0 Å². The molecule has 0 saturated carbocycles. The normalized spacial score (nSPS) is 20.2. The van der Waals surface area contributed by atoms with E-state index in [4.69, 9.17) is 0 Å². The third-order valence-electron chi connectivity index (χ3n) is 6.02. The first kappa shape index (κ1) is 18.7. The van der Waals surface area contributed by atoms with E-state index in [0.717, 1.165) is 43.6 Å². The number of imide groups is 1. The SMILES string of the molecule is O=C1CC(CC2CCN(c3ncnc4c3cnn4-c3ccccc3F)CC2)C(=O)N1. The third kappa shape index (κ3) is 3.30. The summed E-state index contributed by atoms with van der Waals surface area (Å²) in [7, 11) is 0. The van der Waals surface area contributed by atoms with Gasteiger partial charge in [0.05, 0.1) is 11.6 Å². The van der Waals surface area contributed by atoms with Gasteiger partial charge in [-0.1, -0.05) is 12.1 Å². The summed E-state index contributed by atoms with van der Waals surface area (Å²) in [6, 6.07) is 6.46. The molecule has 154 valence electrons. The molecule has 9 heteroatoms. The summed E-state index contributed by atoms with van der Waals surface area (Å²) in [4.78, 5) is 34.2. The van der Waals surface area contributed by atoms with Crippen LogP contribution in [-0.2, 0) is 9.59 Å². The molecule has 2 amide bonds. The molecule has 8 nitrogen and oxygen atoms in total. The van der Waals surface area contributed by atoms with Gasteiger partial charge < -0.3 is 4.90 Å². The van der Waals surface area contributed by atoms with Crippen LogP contribution in [0.4, 0.5) is 10.2 Å². The van der Waals surface area contributed by atoms with Crippen LogP contribution < -0.4 is 10.2 Å². The van der Waals surface area contributed by atoms with Crippen molar-refractivity contribution in [2.24, 2.45) is 11.8 Å². The molecule has 2 aliphatic rings. The Morgan fingerprint density at radius 3 is 2.67 bits per heavy atom. The van der Waals surface area contributed by atoms with Gasteiger partial charge in [0, 0.05) is 25.4 Å². The highest BCUT2D eigenvalue weighted by Crippen LogP contribution is 2.32. The summed E-state index contributed by atoms with van der Waals surface area (Å²) in [5.74, 6) is 0.325. The largest absolute Gasteiger partial charge is 0.356 e. The van der Waals surface area contributed by atoms with Gasteiger partial charge in [-0.05, 0) is 37.3 Å². The average Bonchev–Trinajstić information content (AvgIpc) is 3.31. The van der Waals surface area contributed by atoms with Gasteiger partial charge in [0.2, 0.25) is 11.8 Å². The van der Waals surface area contributed by atoms with Crippen LogP contribution in [0.2, 0.25) is 0 Å². The molecule has 0 aliphatic carbocycles. The van der Waals surface area contributed by atoms with Gasteiger partial charge in [0.25, 0.3) is 0 Å². The van der Waals surface area contributed by atoms with E-state index < -0.39 is 0 Å². The smallest absolute Gasteiger partial charge is 0.230 e. The molecular formula is C21H21FN6O2. The fraction of sp³-hybridized carbons (Fsp3) is 0.381. The zero-order valence-corrected chi connectivity index (χ0v) is 16.3. The van der Waals surface area contributed by atoms with Crippen molar-refractivity contribution in [2.75, 3.05) is 18.0 Å². The summed E-state index contributed by atoms with van der Waals surface area (Å²) < 4.78 is 15.7. The van der Waals surface area contributed by atoms with Gasteiger partial charge >= 0.3 is 0 Å². The van der Waals surface area contributed by atoms with Crippen molar-refractivity contribution in [3.8, 4) is 5.69 Å². The van der Waals surface area contributed by atoms with Crippen molar-refractivity contribution < 1.29 is 14.0 Å². The lowest BCUT2D eigenvalue weighted by molar-refractivity contribution is -0.126. The zero-order chi connectivity index (χ0) is 20.7. The Morgan fingerprint density at radius 1 is 1.13 bits per heavy atom. The number of benzene rings is 1. The maximum absolute atomic E-state index is 14.2. The lowest BCUT2D eigenvalue weighted by Gasteiger charge is -2.33. The Kier molecular flexibility index (Phi) is 4.65. The second-order valence-corrected chi connectivity index (χ2v) is 7.92. The van der Waals surface area contributed by atoms with Gasteiger partial charge in [-0.2, -0.15) is 5.10 Å². The Morgan fingerprint density at radius 2 is 1.93 bits per heavy atom. The maximum atomic E-state index is 14.2. The molecule has 1 N–H and O–H groups in total. The quantitative estimate of drug-likeness (QED) is 0.666. The van der Waals surface area contributed by atoms with Crippen molar-refractivity contribution in [1.29, 1.82) is 0 Å². The van der Waals surface area contributed by atoms with Crippen LogP contribution in [0.1, 0.15) is 25.7 Å². The van der Waals surface area contributed by atoms with E-state index in [1.54, 1.807) is 24.4 Å². The highest BCUT2D eigenvalue weighted by molar-refractivity contribution is 6.03. The van der Waals surface area contributed by atoms with Crippen molar-refractivity contribution >= 4 is 28.7 Å². The molecule has 5 rings (SSSR count). The van der Waals surface area contributed by atoms with Crippen LogP contribution in [0.25, 0.3) is 16.7 Å². The van der Waals surface area contributed by atoms with Crippen LogP contribution in [0.3, 0.4) is 0 Å². The number of nitrogens with one attached hydrogen (secondary N) is 1. The Bertz CT molecular complexity index is 1120. The topological polar surface area (TPSA) is 93.0 Å². The summed E-state index contributed by atoms with van der Waals surface area (Å²) in [6.45, 7) is 1.59. The second kappa shape index (κ2) is 7.47. The Labute approximate surface area is 172 Å². The predicted octanol–water partition coefficient (Wildman–Crippen LogP) is 2.22. The van der Waals surface area contributed by atoms with E-state index in [-0.39, 0.29) is 23.5 Å². The number of carbonyl (C=O) groups excluding carboxylic acids is 2. The zero-order valence-electron chi connectivity index (χ0n) is 16.3. The molecule has 1 aromatic carbocycles. The van der Waals surface area contributed by atoms with Crippen molar-refractivity contribution in [3.63, 3.8) is 0 Å². The number of piperidine rings is 1. The minimum absolute atomic E-state index is 0.138. The highest BCUT2D eigenvalue weighted by Gasteiger charge is 2.33. The standard InChI is InChI=1S/C21H21FN6O2/c22-16-3-1-2-4-17(16)28-20-15(11-25-28)19(23-12-24-20)27-7-5-13(6-8-27)9-14-10-18(29)26-21(14)30/h1-4,11-14H,5-10H2,(H,26,29,30). The number of anilines is 1. The van der Waals surface area contributed by atoms with Gasteiger partial charge in [0.1, 0.15) is 23.6 Å². The number of fused-ring (bicyclic) bond motifs is 1. The minimum Gasteiger partial charge on any atom is -0.356 e. The molecule has 2 aliphatic heterocycles. The third-order valence-corrected chi connectivity index (χ3v) is 6.02. The summed E-state index contributed by atoms with van der Waals surface area (Å²) in [5, 5.41) is 7.52. The number of para-hydroxylation sites is 1. The number of nitrogens with zero attached hydrogens (tertiary/aromatic N) is 5. The molecular weight excluding hydrogens is 387 g/mol. The molecule has 30 heavy (non-hydrogen) atoms. The number of hydrogen-bond acceptors (Lipinski definition) is 6.